The summed E-state index contributed by atoms with van der Waals surface area (Å²) >= 11 is 0. The number of alkyl halides is 2. The summed E-state index contributed by atoms with van der Waals surface area (Å²) in [4.78, 5) is 36.6. The van der Waals surface area contributed by atoms with Crippen molar-refractivity contribution in [2.45, 2.75) is 83.2 Å². The molecule has 14 nitrogen and oxygen atoms in total. The minimum absolute atomic E-state index is 0.0283. The quantitative estimate of drug-likeness (QED) is 0.135. The number of esters is 1. The predicted molar refractivity (Wildman–Crippen MR) is 159 cm³/mol. The average molecular weight is 657 g/mol. The second-order valence-corrected chi connectivity index (χ2v) is 10.2. The molecular formula is C28H39F2N6O8P. The van der Waals surface area contributed by atoms with Gasteiger partial charge >= 0.3 is 5.97 Å². The number of aliphatic hydroxyl groups is 1. The third kappa shape index (κ3) is 9.47. The van der Waals surface area contributed by atoms with E-state index in [0.29, 0.717) is 0 Å². The Morgan fingerprint density at radius 2 is 1.89 bits per heavy atom. The zero-order valence-electron chi connectivity index (χ0n) is 25.3. The van der Waals surface area contributed by atoms with Gasteiger partial charge in [-0.3, -0.25) is 18.8 Å². The van der Waals surface area contributed by atoms with Gasteiger partial charge in [0.15, 0.2) is 29.2 Å². The molecule has 1 saturated carbocycles. The Bertz CT molecular complexity index is 1350. The Morgan fingerprint density at radius 1 is 1.20 bits per heavy atom. The molecule has 0 amide bonds. The Morgan fingerprint density at radius 3 is 2.51 bits per heavy atom. The van der Waals surface area contributed by atoms with E-state index in [4.69, 9.17) is 34.2 Å². The first-order valence-electron chi connectivity index (χ1n) is 14.4. The van der Waals surface area contributed by atoms with Gasteiger partial charge in [0.1, 0.15) is 34.6 Å². The lowest BCUT2D eigenvalue weighted by Gasteiger charge is -2.34. The van der Waals surface area contributed by atoms with Crippen molar-refractivity contribution < 1.29 is 47.1 Å². The third-order valence-corrected chi connectivity index (χ3v) is 6.91. The van der Waals surface area contributed by atoms with E-state index in [1.54, 1.807) is 46.4 Å². The van der Waals surface area contributed by atoms with Gasteiger partial charge in [-0.2, -0.15) is 9.97 Å². The van der Waals surface area contributed by atoms with E-state index < -0.39 is 43.5 Å². The summed E-state index contributed by atoms with van der Waals surface area (Å²) in [7, 11) is 1.72. The number of fused-ring (bicyclic) bond motifs is 1. The van der Waals surface area contributed by atoms with Crippen molar-refractivity contribution in [2.75, 3.05) is 25.6 Å². The maximum atomic E-state index is 16.3. The molecule has 2 heterocycles. The lowest BCUT2D eigenvalue weighted by molar-refractivity contribution is -0.375. The fraction of sp³-hybridized carbons (Fsp3) is 0.571. The molecule has 0 saturated heterocycles. The van der Waals surface area contributed by atoms with Gasteiger partial charge in [0.25, 0.3) is 5.85 Å². The number of ether oxygens (including phenoxy) is 3. The molecule has 45 heavy (non-hydrogen) atoms. The monoisotopic (exact) mass is 656 g/mol. The zero-order valence-corrected chi connectivity index (χ0v) is 26.3. The second-order valence-electron chi connectivity index (χ2n) is 10.2. The minimum atomic E-state index is -3.00. The van der Waals surface area contributed by atoms with Crippen LogP contribution in [0.5, 0.6) is 11.6 Å². The van der Waals surface area contributed by atoms with Gasteiger partial charge in [0.05, 0.1) is 12.9 Å². The van der Waals surface area contributed by atoms with Crippen LogP contribution in [0.4, 0.5) is 14.7 Å². The number of hydrogen-bond acceptors (Lipinski definition) is 13. The van der Waals surface area contributed by atoms with Crippen molar-refractivity contribution in [3.8, 4) is 11.6 Å². The highest BCUT2D eigenvalue weighted by molar-refractivity contribution is 7.00. The maximum Gasteiger partial charge on any atom is 0.329 e. The first-order valence-corrected chi connectivity index (χ1v) is 14.9. The van der Waals surface area contributed by atoms with Crippen LogP contribution in [0.15, 0.2) is 36.7 Å². The van der Waals surface area contributed by atoms with Crippen molar-refractivity contribution in [2.24, 2.45) is 0 Å². The lowest BCUT2D eigenvalue weighted by Crippen LogP contribution is -2.50. The van der Waals surface area contributed by atoms with Gasteiger partial charge in [0.2, 0.25) is 11.8 Å². The topological polar surface area (TPSA) is 173 Å². The molecule has 1 aromatic carbocycles. The fourth-order valence-electron chi connectivity index (χ4n) is 4.48. The molecule has 1 aliphatic carbocycles. The zero-order chi connectivity index (χ0) is 33.0. The van der Waals surface area contributed by atoms with Crippen molar-refractivity contribution in [3.63, 3.8) is 0 Å². The molecule has 3 N–H and O–H groups in total. The van der Waals surface area contributed by atoms with Crippen molar-refractivity contribution in [1.82, 2.24) is 24.7 Å². The van der Waals surface area contributed by atoms with Crippen molar-refractivity contribution >= 4 is 32.2 Å². The van der Waals surface area contributed by atoms with Crippen LogP contribution in [0.1, 0.15) is 59.1 Å². The van der Waals surface area contributed by atoms with E-state index >= 15 is 4.39 Å². The maximum absolute atomic E-state index is 16.3. The molecular weight excluding hydrogens is 617 g/mol. The minimum Gasteiger partial charge on any atom is -0.476 e. The van der Waals surface area contributed by atoms with Crippen molar-refractivity contribution in [1.29, 1.82) is 0 Å². The molecule has 248 valence electrons. The fourth-order valence-corrected chi connectivity index (χ4v) is 4.48. The van der Waals surface area contributed by atoms with Gasteiger partial charge in [-0.05, 0) is 63.8 Å². The van der Waals surface area contributed by atoms with E-state index in [2.05, 4.69) is 15.0 Å². The Balaban J connectivity index is 0.00000271. The van der Waals surface area contributed by atoms with Crippen LogP contribution >= 0.6 is 9.12 Å². The van der Waals surface area contributed by atoms with E-state index in [9.17, 15) is 14.3 Å². The number of carbonyl (C=O) groups is 1. The Kier molecular flexibility index (Phi) is 13.7. The summed E-state index contributed by atoms with van der Waals surface area (Å²) in [6.45, 7) is 2.33. The number of para-hydroxylation sites is 1. The van der Waals surface area contributed by atoms with Gasteiger partial charge in [-0.1, -0.05) is 24.6 Å². The number of halogens is 2. The summed E-state index contributed by atoms with van der Waals surface area (Å²) in [5.41, 5.74) is 5.97. The summed E-state index contributed by atoms with van der Waals surface area (Å²) in [6.07, 6.45) is 1.94. The number of hydrogen-bond donors (Lipinski definition) is 2. The average Bonchev–Trinajstić information content (AvgIpc) is 3.47. The summed E-state index contributed by atoms with van der Waals surface area (Å²) in [5.74, 6) is -3.46. The smallest absolute Gasteiger partial charge is 0.329 e. The van der Waals surface area contributed by atoms with Gasteiger partial charge in [-0.25, -0.2) is 13.8 Å². The lowest BCUT2D eigenvalue weighted by atomic mass is 9.98. The van der Waals surface area contributed by atoms with Crippen LogP contribution in [0.25, 0.3) is 11.2 Å². The Labute approximate surface area is 261 Å². The van der Waals surface area contributed by atoms with E-state index in [0.717, 1.165) is 48.8 Å². The summed E-state index contributed by atoms with van der Waals surface area (Å²) < 4.78 is 56.4. The number of nitrogens with two attached hydrogens (primary N) is 1. The van der Waals surface area contributed by atoms with Gasteiger partial charge in [-0.15, -0.1) is 0 Å². The number of nitrogen functional groups attached to an aromatic ring is 1. The first kappa shape index (κ1) is 35.9. The van der Waals surface area contributed by atoms with E-state index in [-0.39, 0.29) is 41.5 Å². The number of nitrogens with zero attached hydrogens (tertiary/aromatic N) is 5. The molecule has 4 atom stereocenters. The first-order chi connectivity index (χ1) is 21.6. The summed E-state index contributed by atoms with van der Waals surface area (Å²) in [6, 6.07) is 7.23. The standard InChI is InChI=1S/C28H38F2N6O7.HOP/c1-4-39-25-23-24(33-27(31)34-25)35(17-32-23)22(15-29)42-28(30,19(3)37)16-40-36(43-21-13-9-6-10-14-21)18(2)26(38)41-20-11-7-5-8-12-20;1-2/h6,9-10,13-14,17-20,22,37H,4-5,7-8,11-12,15-16H2,1-3H3,(H2,31,33,34);2H/t18?,19-,22+,28+;/m0./s1. The number of imidazole rings is 1. The van der Waals surface area contributed by atoms with Gasteiger partial charge < -0.3 is 29.9 Å². The molecule has 0 radical (unpaired) electrons. The molecule has 0 spiro atoms. The highest BCUT2D eigenvalue weighted by atomic mass is 31.0. The van der Waals surface area contributed by atoms with Crippen LogP contribution in [0, 0.1) is 0 Å². The molecule has 0 bridgehead atoms. The van der Waals surface area contributed by atoms with Crippen molar-refractivity contribution in [3.05, 3.63) is 36.7 Å². The number of aliphatic hydroxyl groups excluding tert-OH is 1. The second kappa shape index (κ2) is 17.2. The highest BCUT2D eigenvalue weighted by Gasteiger charge is 2.43. The van der Waals surface area contributed by atoms with Gasteiger partial charge in [0, 0.05) is 0 Å². The highest BCUT2D eigenvalue weighted by Crippen LogP contribution is 2.31. The number of rotatable bonds is 15. The van der Waals surface area contributed by atoms with E-state index in [1.165, 1.54) is 13.3 Å². The molecule has 3 aromatic rings. The number of carbonyl (C=O) groups excluding carboxylic acids is 1. The Hall–Kier alpha value is -3.56. The van der Waals surface area contributed by atoms with Crippen LogP contribution in [0.2, 0.25) is 0 Å². The van der Waals surface area contributed by atoms with Crippen LogP contribution < -0.4 is 15.3 Å². The molecule has 0 aliphatic heterocycles. The number of hydroxylamine groups is 2. The molecule has 4 rings (SSSR count). The normalized spacial score (nSPS) is 17.0. The third-order valence-electron chi connectivity index (χ3n) is 6.91. The van der Waals surface area contributed by atoms with E-state index in [1.807, 2.05) is 0 Å². The predicted octanol–water partition coefficient (Wildman–Crippen LogP) is 4.31. The van der Waals surface area contributed by atoms with Crippen LogP contribution in [-0.2, 0) is 23.7 Å². The largest absolute Gasteiger partial charge is 0.476 e. The SMILES string of the molecule is CCOc1nc(N)nc2c1ncn2[C@@H](CF)O[C@](F)(CON(Oc1ccccc1)C(C)C(=O)OC1CCCCC1)[C@H](C)O.O=P. The molecule has 1 unspecified atom stereocenters. The number of anilines is 1. The molecule has 1 fully saturated rings. The summed E-state index contributed by atoms with van der Waals surface area (Å²) in [5, 5.41) is 11.2. The molecule has 1 aliphatic rings. The number of aromatic nitrogens is 4. The molecule has 2 aromatic heterocycles. The van der Waals surface area contributed by atoms with Crippen LogP contribution in [0.3, 0.4) is 0 Å². The molecule has 17 heteroatoms. The van der Waals surface area contributed by atoms with Crippen LogP contribution in [-0.4, -0.2) is 79.8 Å². The number of benzene rings is 1.